The van der Waals surface area contributed by atoms with Crippen LogP contribution in [0.25, 0.3) is 0 Å². The van der Waals surface area contributed by atoms with Crippen LogP contribution in [0.15, 0.2) is 4.99 Å². The number of nitrogens with zero attached hydrogens (tertiary/aromatic N) is 1. The Morgan fingerprint density at radius 2 is 1.26 bits per heavy atom. The molecule has 1 rings (SSSR count). The number of carbonyl (C=O) groups excluding carboxylic acids is 2. The normalized spacial score (nSPS) is 15.7. The largest absolute Gasteiger partial charge is 0.444 e. The van der Waals surface area contributed by atoms with Crippen molar-refractivity contribution in [3.05, 3.63) is 0 Å². The molecule has 0 atom stereocenters. The van der Waals surface area contributed by atoms with E-state index in [9.17, 15) is 9.59 Å². The van der Waals surface area contributed by atoms with E-state index in [-0.39, 0.29) is 12.0 Å². The third kappa shape index (κ3) is 9.05. The number of guanidine groups is 1. The molecule has 0 aromatic rings. The third-order valence-electron chi connectivity index (χ3n) is 2.88. The van der Waals surface area contributed by atoms with Crippen LogP contribution in [0.3, 0.4) is 0 Å². The maximum absolute atomic E-state index is 11.9. The second-order valence-electron chi connectivity index (χ2n) is 7.67. The molecule has 1 aliphatic carbocycles. The molecule has 1 fully saturated rings. The highest BCUT2D eigenvalue weighted by Crippen LogP contribution is 2.20. The van der Waals surface area contributed by atoms with Gasteiger partial charge in [-0.15, -0.1) is 0 Å². The van der Waals surface area contributed by atoms with Crippen molar-refractivity contribution in [1.82, 2.24) is 10.6 Å². The van der Waals surface area contributed by atoms with Crippen LogP contribution >= 0.6 is 0 Å². The Morgan fingerprint density at radius 1 is 0.870 bits per heavy atom. The number of aliphatic imine (C=N–C) groups is 1. The van der Waals surface area contributed by atoms with Crippen molar-refractivity contribution in [2.24, 2.45) is 4.99 Å². The molecule has 132 valence electrons. The number of alkyl carbamates (subject to hydrolysis) is 2. The van der Waals surface area contributed by atoms with Gasteiger partial charge in [0.15, 0.2) is 0 Å². The first-order valence-electron chi connectivity index (χ1n) is 8.02. The van der Waals surface area contributed by atoms with E-state index in [0.29, 0.717) is 0 Å². The highest BCUT2D eigenvalue weighted by Gasteiger charge is 2.23. The highest BCUT2D eigenvalue weighted by molar-refractivity contribution is 6.01. The van der Waals surface area contributed by atoms with Crippen LogP contribution in [-0.2, 0) is 9.47 Å². The Labute approximate surface area is 138 Å². The van der Waals surface area contributed by atoms with Gasteiger partial charge in [-0.05, 0) is 54.4 Å². The fourth-order valence-corrected chi connectivity index (χ4v) is 2.11. The molecule has 0 radical (unpaired) electrons. The van der Waals surface area contributed by atoms with E-state index >= 15 is 0 Å². The summed E-state index contributed by atoms with van der Waals surface area (Å²) in [5, 5.41) is 4.99. The number of nitrogens with one attached hydrogen (secondary N) is 2. The van der Waals surface area contributed by atoms with Crippen LogP contribution in [-0.4, -0.2) is 35.4 Å². The SMILES string of the molecule is CC(C)(C)OC(=O)NC(=NC1CCCC1)NC(=O)OC(C)(C)C. The summed E-state index contributed by atoms with van der Waals surface area (Å²) < 4.78 is 10.4. The molecule has 0 aromatic carbocycles. The second kappa shape index (κ2) is 7.66. The molecule has 0 heterocycles. The standard InChI is InChI=1S/C16H29N3O4/c1-15(2,3)22-13(20)18-12(17-11-9-7-8-10-11)19-14(21)23-16(4,5)6/h11H,7-10H2,1-6H3,(H2,17,18,19,20,21). The minimum absolute atomic E-state index is 0.0698. The van der Waals surface area contributed by atoms with E-state index in [4.69, 9.17) is 9.47 Å². The summed E-state index contributed by atoms with van der Waals surface area (Å²) in [7, 11) is 0. The van der Waals surface area contributed by atoms with Crippen LogP contribution in [0.4, 0.5) is 9.59 Å². The quantitative estimate of drug-likeness (QED) is 0.571. The van der Waals surface area contributed by atoms with Crippen LogP contribution in [0.1, 0.15) is 67.2 Å². The molecule has 1 aliphatic rings. The monoisotopic (exact) mass is 327 g/mol. The number of rotatable bonds is 1. The summed E-state index contributed by atoms with van der Waals surface area (Å²) in [4.78, 5) is 28.2. The van der Waals surface area contributed by atoms with Crippen LogP contribution < -0.4 is 10.6 Å². The van der Waals surface area contributed by atoms with Gasteiger partial charge in [-0.1, -0.05) is 12.8 Å². The van der Waals surface area contributed by atoms with E-state index in [1.165, 1.54) is 0 Å². The maximum Gasteiger partial charge on any atom is 0.414 e. The Bertz CT molecular complexity index is 423. The molecule has 2 amide bonds. The van der Waals surface area contributed by atoms with Gasteiger partial charge >= 0.3 is 12.2 Å². The van der Waals surface area contributed by atoms with E-state index in [0.717, 1.165) is 25.7 Å². The van der Waals surface area contributed by atoms with Gasteiger partial charge in [-0.3, -0.25) is 10.6 Å². The lowest BCUT2D eigenvalue weighted by molar-refractivity contribution is 0.0545. The van der Waals surface area contributed by atoms with Gasteiger partial charge in [-0.2, -0.15) is 0 Å². The van der Waals surface area contributed by atoms with Gasteiger partial charge in [0.25, 0.3) is 0 Å². The van der Waals surface area contributed by atoms with Crippen molar-refractivity contribution >= 4 is 18.1 Å². The van der Waals surface area contributed by atoms with Crippen molar-refractivity contribution in [3.8, 4) is 0 Å². The molecule has 0 aromatic heterocycles. The number of hydrogen-bond donors (Lipinski definition) is 2. The molecule has 7 nitrogen and oxygen atoms in total. The first kappa shape index (κ1) is 19.3. The molecule has 2 N–H and O–H groups in total. The lowest BCUT2D eigenvalue weighted by Crippen LogP contribution is -2.47. The van der Waals surface area contributed by atoms with Gasteiger partial charge in [0.05, 0.1) is 6.04 Å². The fourth-order valence-electron chi connectivity index (χ4n) is 2.11. The van der Waals surface area contributed by atoms with E-state index in [2.05, 4.69) is 15.6 Å². The zero-order valence-electron chi connectivity index (χ0n) is 15.0. The van der Waals surface area contributed by atoms with Crippen molar-refractivity contribution in [1.29, 1.82) is 0 Å². The molecular formula is C16H29N3O4. The topological polar surface area (TPSA) is 89.0 Å². The maximum atomic E-state index is 11.9. The van der Waals surface area contributed by atoms with Crippen molar-refractivity contribution in [3.63, 3.8) is 0 Å². The Morgan fingerprint density at radius 3 is 1.61 bits per heavy atom. The molecule has 0 spiro atoms. The molecule has 7 heteroatoms. The predicted octanol–water partition coefficient (Wildman–Crippen LogP) is 3.33. The minimum Gasteiger partial charge on any atom is -0.444 e. The summed E-state index contributed by atoms with van der Waals surface area (Å²) in [6.07, 6.45) is 2.75. The smallest absolute Gasteiger partial charge is 0.414 e. The highest BCUT2D eigenvalue weighted by atomic mass is 16.6. The van der Waals surface area contributed by atoms with Gasteiger partial charge in [0.2, 0.25) is 5.96 Å². The zero-order chi connectivity index (χ0) is 17.7. The molecule has 0 unspecified atom stereocenters. The predicted molar refractivity (Wildman–Crippen MR) is 88.4 cm³/mol. The number of ether oxygens (including phenoxy) is 2. The lowest BCUT2D eigenvalue weighted by atomic mass is 10.2. The molecule has 0 aliphatic heterocycles. The first-order valence-corrected chi connectivity index (χ1v) is 8.02. The number of carbonyl (C=O) groups is 2. The molecular weight excluding hydrogens is 298 g/mol. The van der Waals surface area contributed by atoms with Gasteiger partial charge in [0, 0.05) is 0 Å². The summed E-state index contributed by atoms with van der Waals surface area (Å²) in [5.41, 5.74) is -1.26. The van der Waals surface area contributed by atoms with Gasteiger partial charge in [-0.25, -0.2) is 14.6 Å². The fraction of sp³-hybridized carbons (Fsp3) is 0.812. The lowest BCUT2D eigenvalue weighted by Gasteiger charge is -2.22. The second-order valence-corrected chi connectivity index (χ2v) is 7.67. The average Bonchev–Trinajstić information content (AvgIpc) is 2.75. The van der Waals surface area contributed by atoms with Crippen molar-refractivity contribution < 1.29 is 19.1 Å². The zero-order valence-corrected chi connectivity index (χ0v) is 15.0. The van der Waals surface area contributed by atoms with Crippen LogP contribution in [0, 0.1) is 0 Å². The molecule has 1 saturated carbocycles. The molecule has 0 saturated heterocycles. The van der Waals surface area contributed by atoms with E-state index in [1.54, 1.807) is 41.5 Å². The number of amides is 2. The van der Waals surface area contributed by atoms with E-state index < -0.39 is 23.4 Å². The summed E-state index contributed by atoms with van der Waals surface area (Å²) in [5.74, 6) is 0.0698. The summed E-state index contributed by atoms with van der Waals surface area (Å²) in [6.45, 7) is 10.6. The third-order valence-corrected chi connectivity index (χ3v) is 2.88. The van der Waals surface area contributed by atoms with Crippen LogP contribution in [0.2, 0.25) is 0 Å². The molecule has 23 heavy (non-hydrogen) atoms. The first-order chi connectivity index (χ1) is 10.4. The van der Waals surface area contributed by atoms with Crippen molar-refractivity contribution in [2.75, 3.05) is 0 Å². The Hall–Kier alpha value is -1.79. The minimum atomic E-state index is -0.662. The Kier molecular flexibility index (Phi) is 6.41. The Balaban J connectivity index is 2.73. The van der Waals surface area contributed by atoms with E-state index in [1.807, 2.05) is 0 Å². The molecule has 0 bridgehead atoms. The summed E-state index contributed by atoms with van der Waals surface area (Å²) >= 11 is 0. The van der Waals surface area contributed by atoms with Crippen molar-refractivity contribution in [2.45, 2.75) is 84.5 Å². The summed E-state index contributed by atoms with van der Waals surface area (Å²) in [6, 6.07) is 0.0925. The van der Waals surface area contributed by atoms with Gasteiger partial charge < -0.3 is 9.47 Å². The number of hydrogen-bond acceptors (Lipinski definition) is 5. The average molecular weight is 327 g/mol. The van der Waals surface area contributed by atoms with Gasteiger partial charge in [0.1, 0.15) is 11.2 Å². The van der Waals surface area contributed by atoms with Crippen LogP contribution in [0.5, 0.6) is 0 Å².